The summed E-state index contributed by atoms with van der Waals surface area (Å²) < 4.78 is 0.940. The van der Waals surface area contributed by atoms with E-state index in [-0.39, 0.29) is 11.9 Å². The van der Waals surface area contributed by atoms with Gasteiger partial charge < -0.3 is 10.6 Å². The van der Waals surface area contributed by atoms with E-state index in [9.17, 15) is 4.79 Å². The lowest BCUT2D eigenvalue weighted by atomic mass is 10.1. The van der Waals surface area contributed by atoms with Gasteiger partial charge in [-0.25, -0.2) is 0 Å². The first-order chi connectivity index (χ1) is 8.16. The molecule has 0 aliphatic carbocycles. The van der Waals surface area contributed by atoms with Crippen LogP contribution in [0.15, 0.2) is 22.7 Å². The van der Waals surface area contributed by atoms with Crippen LogP contribution in [-0.2, 0) is 0 Å². The summed E-state index contributed by atoms with van der Waals surface area (Å²) in [7, 11) is 0. The van der Waals surface area contributed by atoms with E-state index in [0.29, 0.717) is 0 Å². The van der Waals surface area contributed by atoms with E-state index >= 15 is 0 Å². The maximum Gasteiger partial charge on any atom is 0.251 e. The second kappa shape index (κ2) is 5.65. The molecule has 4 heteroatoms. The third kappa shape index (κ3) is 3.30. The average molecular weight is 297 g/mol. The molecule has 1 fully saturated rings. The van der Waals surface area contributed by atoms with E-state index in [1.165, 1.54) is 0 Å². The summed E-state index contributed by atoms with van der Waals surface area (Å²) in [5.41, 5.74) is 1.76. The summed E-state index contributed by atoms with van der Waals surface area (Å²) >= 11 is 3.40. The minimum Gasteiger partial charge on any atom is -0.348 e. The van der Waals surface area contributed by atoms with Crippen LogP contribution in [0.25, 0.3) is 0 Å². The number of halogens is 1. The van der Waals surface area contributed by atoms with E-state index in [4.69, 9.17) is 0 Å². The maximum atomic E-state index is 12.1. The van der Waals surface area contributed by atoms with Gasteiger partial charge in [0.05, 0.1) is 0 Å². The highest BCUT2D eigenvalue weighted by molar-refractivity contribution is 9.10. The summed E-state index contributed by atoms with van der Waals surface area (Å²) in [5, 5.41) is 6.37. The van der Waals surface area contributed by atoms with Crippen molar-refractivity contribution in [1.82, 2.24) is 10.6 Å². The Bertz CT molecular complexity index is 414. The molecule has 3 nitrogen and oxygen atoms in total. The van der Waals surface area contributed by atoms with Crippen LogP contribution in [0, 0.1) is 6.92 Å². The van der Waals surface area contributed by atoms with Crippen LogP contribution in [0.4, 0.5) is 0 Å². The van der Waals surface area contributed by atoms with E-state index in [1.807, 2.05) is 25.1 Å². The van der Waals surface area contributed by atoms with Crippen molar-refractivity contribution in [1.29, 1.82) is 0 Å². The highest BCUT2D eigenvalue weighted by Crippen LogP contribution is 2.16. The highest BCUT2D eigenvalue weighted by Gasteiger charge is 2.17. The van der Waals surface area contributed by atoms with Crippen LogP contribution in [0.2, 0.25) is 0 Å². The van der Waals surface area contributed by atoms with Crippen LogP contribution < -0.4 is 10.6 Å². The van der Waals surface area contributed by atoms with Gasteiger partial charge in [0, 0.05) is 22.6 Å². The Kier molecular flexibility index (Phi) is 4.18. The zero-order valence-corrected chi connectivity index (χ0v) is 11.5. The Hall–Kier alpha value is -0.870. The number of carbonyl (C=O) groups excluding carboxylic acids is 1. The van der Waals surface area contributed by atoms with Gasteiger partial charge in [-0.3, -0.25) is 4.79 Å². The molecule has 0 radical (unpaired) electrons. The lowest BCUT2D eigenvalue weighted by molar-refractivity contribution is 0.0930. The molecule has 0 spiro atoms. The molecule has 0 unspecified atom stereocenters. The molecule has 17 heavy (non-hydrogen) atoms. The second-order valence-electron chi connectivity index (χ2n) is 4.48. The molecule has 1 aromatic carbocycles. The van der Waals surface area contributed by atoms with Gasteiger partial charge in [-0.1, -0.05) is 22.0 Å². The van der Waals surface area contributed by atoms with Crippen molar-refractivity contribution >= 4 is 21.8 Å². The molecule has 0 saturated carbocycles. The minimum atomic E-state index is 0.0255. The largest absolute Gasteiger partial charge is 0.348 e. The topological polar surface area (TPSA) is 41.1 Å². The number of nitrogens with one attached hydrogen (secondary N) is 2. The standard InChI is InChI=1S/C13H17BrN2O/c1-9-4-5-10(14)7-12(9)13(17)16-11-3-2-6-15-8-11/h4-5,7,11,15H,2-3,6,8H2,1H3,(H,16,17)/t11-/m1/s1. The molecule has 0 bridgehead atoms. The third-order valence-corrected chi connectivity index (χ3v) is 3.57. The molecule has 1 aromatic rings. The summed E-state index contributed by atoms with van der Waals surface area (Å²) in [6.07, 6.45) is 2.19. The molecule has 0 aromatic heterocycles. The number of aryl methyl sites for hydroxylation is 1. The number of carbonyl (C=O) groups is 1. The fraction of sp³-hybridized carbons (Fsp3) is 0.462. The van der Waals surface area contributed by atoms with Crippen LogP contribution in [0.1, 0.15) is 28.8 Å². The average Bonchev–Trinajstić information content (AvgIpc) is 2.33. The highest BCUT2D eigenvalue weighted by atomic mass is 79.9. The zero-order valence-electron chi connectivity index (χ0n) is 9.92. The quantitative estimate of drug-likeness (QED) is 0.879. The normalized spacial score (nSPS) is 20.0. The Labute approximate surface area is 110 Å². The second-order valence-corrected chi connectivity index (χ2v) is 5.39. The minimum absolute atomic E-state index is 0.0255. The number of amides is 1. The first kappa shape index (κ1) is 12.6. The fourth-order valence-electron chi connectivity index (χ4n) is 2.08. The molecule has 1 aliphatic rings. The van der Waals surface area contributed by atoms with Gasteiger partial charge >= 0.3 is 0 Å². The fourth-order valence-corrected chi connectivity index (χ4v) is 2.44. The maximum absolute atomic E-state index is 12.1. The SMILES string of the molecule is Cc1ccc(Br)cc1C(=O)N[C@@H]1CCCNC1. The smallest absolute Gasteiger partial charge is 0.251 e. The summed E-state index contributed by atoms with van der Waals surface area (Å²) in [4.78, 5) is 12.1. The summed E-state index contributed by atoms with van der Waals surface area (Å²) in [5.74, 6) is 0.0255. The molecule has 1 atom stereocenters. The number of piperidine rings is 1. The Morgan fingerprint density at radius 1 is 1.53 bits per heavy atom. The van der Waals surface area contributed by atoms with Gasteiger partial charge in [0.15, 0.2) is 0 Å². The van der Waals surface area contributed by atoms with E-state index < -0.39 is 0 Å². The lowest BCUT2D eigenvalue weighted by Gasteiger charge is -2.24. The molecule has 1 amide bonds. The van der Waals surface area contributed by atoms with Crippen LogP contribution in [0.5, 0.6) is 0 Å². The van der Waals surface area contributed by atoms with Crippen molar-refractivity contribution in [3.63, 3.8) is 0 Å². The number of rotatable bonds is 2. The molecule has 2 N–H and O–H groups in total. The van der Waals surface area contributed by atoms with E-state index in [0.717, 1.165) is 41.5 Å². The molecular formula is C13H17BrN2O. The number of hydrogen-bond acceptors (Lipinski definition) is 2. The number of hydrogen-bond donors (Lipinski definition) is 2. The molecule has 92 valence electrons. The van der Waals surface area contributed by atoms with Crippen molar-refractivity contribution in [3.05, 3.63) is 33.8 Å². The first-order valence-corrected chi connectivity index (χ1v) is 6.74. The van der Waals surface area contributed by atoms with Crippen LogP contribution in [-0.4, -0.2) is 25.0 Å². The Morgan fingerprint density at radius 3 is 3.06 bits per heavy atom. The van der Waals surface area contributed by atoms with E-state index in [2.05, 4.69) is 26.6 Å². The Balaban J connectivity index is 2.05. The van der Waals surface area contributed by atoms with Gasteiger partial charge in [0.2, 0.25) is 0 Å². The van der Waals surface area contributed by atoms with Crippen molar-refractivity contribution in [2.24, 2.45) is 0 Å². The van der Waals surface area contributed by atoms with Crippen molar-refractivity contribution in [2.75, 3.05) is 13.1 Å². The van der Waals surface area contributed by atoms with Gasteiger partial charge in [0.1, 0.15) is 0 Å². The molecule has 1 heterocycles. The monoisotopic (exact) mass is 296 g/mol. The van der Waals surface area contributed by atoms with Crippen LogP contribution in [0.3, 0.4) is 0 Å². The predicted molar refractivity (Wildman–Crippen MR) is 72.2 cm³/mol. The van der Waals surface area contributed by atoms with Crippen molar-refractivity contribution in [2.45, 2.75) is 25.8 Å². The van der Waals surface area contributed by atoms with E-state index in [1.54, 1.807) is 0 Å². The van der Waals surface area contributed by atoms with Crippen LogP contribution >= 0.6 is 15.9 Å². The van der Waals surface area contributed by atoms with Gasteiger partial charge in [-0.15, -0.1) is 0 Å². The predicted octanol–water partition coefficient (Wildman–Crippen LogP) is 2.24. The van der Waals surface area contributed by atoms with Gasteiger partial charge in [-0.05, 0) is 44.0 Å². The molecular weight excluding hydrogens is 280 g/mol. The zero-order chi connectivity index (χ0) is 12.3. The van der Waals surface area contributed by atoms with Gasteiger partial charge in [-0.2, -0.15) is 0 Å². The molecule has 1 saturated heterocycles. The van der Waals surface area contributed by atoms with Crippen molar-refractivity contribution in [3.8, 4) is 0 Å². The summed E-state index contributed by atoms with van der Waals surface area (Å²) in [6.45, 7) is 3.89. The lowest BCUT2D eigenvalue weighted by Crippen LogP contribution is -2.45. The molecule has 1 aliphatic heterocycles. The number of benzene rings is 1. The van der Waals surface area contributed by atoms with Gasteiger partial charge in [0.25, 0.3) is 5.91 Å². The first-order valence-electron chi connectivity index (χ1n) is 5.94. The Morgan fingerprint density at radius 2 is 2.35 bits per heavy atom. The molecule has 2 rings (SSSR count). The third-order valence-electron chi connectivity index (χ3n) is 3.08. The van der Waals surface area contributed by atoms with Crippen molar-refractivity contribution < 1.29 is 4.79 Å². The summed E-state index contributed by atoms with van der Waals surface area (Å²) in [6, 6.07) is 6.04.